The van der Waals surface area contributed by atoms with E-state index >= 15 is 0 Å². The van der Waals surface area contributed by atoms with Crippen LogP contribution in [0.5, 0.6) is 5.75 Å². The summed E-state index contributed by atoms with van der Waals surface area (Å²) in [7, 11) is -1.72. The number of piperazine rings is 1. The van der Waals surface area contributed by atoms with E-state index in [0.717, 1.165) is 42.9 Å². The molecule has 2 heterocycles. The van der Waals surface area contributed by atoms with Crippen LogP contribution in [-0.2, 0) is 21.2 Å². The highest BCUT2D eigenvalue weighted by molar-refractivity contribution is 7.89. The van der Waals surface area contributed by atoms with E-state index in [4.69, 9.17) is 4.74 Å². The molecule has 0 radical (unpaired) electrons. The average molecular weight is 458 g/mol. The molecule has 4 rings (SSSR count). The predicted molar refractivity (Wildman–Crippen MR) is 125 cm³/mol. The summed E-state index contributed by atoms with van der Waals surface area (Å²) in [4.78, 5) is 17.2. The highest BCUT2D eigenvalue weighted by Gasteiger charge is 2.27. The van der Waals surface area contributed by atoms with Gasteiger partial charge in [-0.3, -0.25) is 4.79 Å². The Bertz CT molecular complexity index is 1030. The molecule has 0 bridgehead atoms. The number of rotatable bonds is 7. The van der Waals surface area contributed by atoms with Gasteiger partial charge in [-0.05, 0) is 49.1 Å². The van der Waals surface area contributed by atoms with Crippen molar-refractivity contribution in [2.24, 2.45) is 0 Å². The van der Waals surface area contributed by atoms with Crippen LogP contribution < -0.4 is 9.64 Å². The molecule has 7 nitrogen and oxygen atoms in total. The normalized spacial score (nSPS) is 17.5. The third-order valence-electron chi connectivity index (χ3n) is 6.31. The van der Waals surface area contributed by atoms with Gasteiger partial charge in [0, 0.05) is 45.7 Å². The Morgan fingerprint density at radius 1 is 0.906 bits per heavy atom. The second kappa shape index (κ2) is 9.92. The zero-order valence-electron chi connectivity index (χ0n) is 18.6. The van der Waals surface area contributed by atoms with E-state index in [-0.39, 0.29) is 5.91 Å². The van der Waals surface area contributed by atoms with Crippen LogP contribution in [0.25, 0.3) is 0 Å². The molecular weight excluding hydrogens is 426 g/mol. The molecule has 0 atom stereocenters. The zero-order chi connectivity index (χ0) is 22.6. The van der Waals surface area contributed by atoms with Crippen LogP contribution >= 0.6 is 0 Å². The Labute approximate surface area is 190 Å². The molecule has 32 heavy (non-hydrogen) atoms. The molecule has 2 fully saturated rings. The summed E-state index contributed by atoms with van der Waals surface area (Å²) in [5.41, 5.74) is 2.04. The third kappa shape index (κ3) is 4.91. The summed E-state index contributed by atoms with van der Waals surface area (Å²) in [6.45, 7) is 4.12. The number of sulfonamides is 1. The average Bonchev–Trinajstić information content (AvgIpc) is 3.39. The maximum Gasteiger partial charge on any atom is 0.243 e. The molecule has 2 aromatic carbocycles. The number of hydrogen-bond acceptors (Lipinski definition) is 5. The van der Waals surface area contributed by atoms with Crippen molar-refractivity contribution in [3.63, 3.8) is 0 Å². The summed E-state index contributed by atoms with van der Waals surface area (Å²) < 4.78 is 32.3. The highest BCUT2D eigenvalue weighted by atomic mass is 32.2. The largest absolute Gasteiger partial charge is 0.495 e. The van der Waals surface area contributed by atoms with Crippen LogP contribution in [0.4, 0.5) is 5.69 Å². The first-order chi connectivity index (χ1) is 15.5. The van der Waals surface area contributed by atoms with Crippen LogP contribution in [0.1, 0.15) is 24.8 Å². The summed E-state index contributed by atoms with van der Waals surface area (Å²) >= 11 is 0. The van der Waals surface area contributed by atoms with Crippen molar-refractivity contribution >= 4 is 21.6 Å². The lowest BCUT2D eigenvalue weighted by Gasteiger charge is -2.36. The maximum atomic E-state index is 12.7. The smallest absolute Gasteiger partial charge is 0.243 e. The number of carbonyl (C=O) groups is 1. The van der Waals surface area contributed by atoms with E-state index in [0.29, 0.717) is 43.9 Å². The van der Waals surface area contributed by atoms with Gasteiger partial charge in [-0.15, -0.1) is 0 Å². The van der Waals surface area contributed by atoms with Crippen molar-refractivity contribution in [1.82, 2.24) is 9.21 Å². The molecule has 1 amide bonds. The van der Waals surface area contributed by atoms with Gasteiger partial charge in [0.15, 0.2) is 0 Å². The minimum Gasteiger partial charge on any atom is -0.495 e. The molecule has 2 aromatic rings. The van der Waals surface area contributed by atoms with E-state index in [1.807, 2.05) is 41.3 Å². The Balaban J connectivity index is 1.28. The van der Waals surface area contributed by atoms with E-state index in [1.165, 1.54) is 0 Å². The zero-order valence-corrected chi connectivity index (χ0v) is 19.4. The van der Waals surface area contributed by atoms with E-state index in [1.54, 1.807) is 23.5 Å². The van der Waals surface area contributed by atoms with Crippen LogP contribution in [0, 0.1) is 0 Å². The molecule has 172 valence electrons. The van der Waals surface area contributed by atoms with Crippen molar-refractivity contribution in [2.45, 2.75) is 30.6 Å². The number of hydrogen-bond donors (Lipinski definition) is 0. The lowest BCUT2D eigenvalue weighted by Crippen LogP contribution is -2.48. The van der Waals surface area contributed by atoms with Gasteiger partial charge < -0.3 is 14.5 Å². The Morgan fingerprint density at radius 3 is 2.22 bits per heavy atom. The number of aryl methyl sites for hydroxylation is 1. The highest BCUT2D eigenvalue weighted by Crippen LogP contribution is 2.28. The van der Waals surface area contributed by atoms with Crippen molar-refractivity contribution in [3.8, 4) is 5.75 Å². The molecule has 0 aromatic heterocycles. The maximum absolute atomic E-state index is 12.7. The van der Waals surface area contributed by atoms with Crippen molar-refractivity contribution < 1.29 is 17.9 Å². The fourth-order valence-corrected chi connectivity index (χ4v) is 5.92. The molecule has 0 aliphatic carbocycles. The predicted octanol–water partition coefficient (Wildman–Crippen LogP) is 2.76. The van der Waals surface area contributed by atoms with Crippen LogP contribution in [-0.4, -0.2) is 69.9 Å². The van der Waals surface area contributed by atoms with Crippen molar-refractivity contribution in [2.75, 3.05) is 51.3 Å². The number of anilines is 1. The summed E-state index contributed by atoms with van der Waals surface area (Å²) in [6.07, 6.45) is 2.88. The fraction of sp³-hybridized carbons (Fsp3) is 0.458. The molecule has 8 heteroatoms. The lowest BCUT2D eigenvalue weighted by molar-refractivity contribution is -0.131. The summed E-state index contributed by atoms with van der Waals surface area (Å²) in [6, 6.07) is 14.9. The first-order valence-corrected chi connectivity index (χ1v) is 12.7. The second-order valence-electron chi connectivity index (χ2n) is 8.29. The minimum atomic E-state index is -3.39. The first-order valence-electron chi connectivity index (χ1n) is 11.2. The van der Waals surface area contributed by atoms with Gasteiger partial charge in [-0.2, -0.15) is 4.31 Å². The van der Waals surface area contributed by atoms with Crippen LogP contribution in [0.3, 0.4) is 0 Å². The van der Waals surface area contributed by atoms with E-state index in [2.05, 4.69) is 4.90 Å². The van der Waals surface area contributed by atoms with Gasteiger partial charge in [-0.1, -0.05) is 24.3 Å². The van der Waals surface area contributed by atoms with Gasteiger partial charge in [0.05, 0.1) is 17.7 Å². The molecule has 0 unspecified atom stereocenters. The van der Waals surface area contributed by atoms with Gasteiger partial charge in [0.1, 0.15) is 5.75 Å². The van der Waals surface area contributed by atoms with Crippen molar-refractivity contribution in [1.29, 1.82) is 0 Å². The number of ether oxygens (including phenoxy) is 1. The van der Waals surface area contributed by atoms with Gasteiger partial charge in [-0.25, -0.2) is 8.42 Å². The summed E-state index contributed by atoms with van der Waals surface area (Å²) in [5, 5.41) is 0. The van der Waals surface area contributed by atoms with Crippen LogP contribution in [0.2, 0.25) is 0 Å². The van der Waals surface area contributed by atoms with Gasteiger partial charge >= 0.3 is 0 Å². The monoisotopic (exact) mass is 457 g/mol. The number of para-hydroxylation sites is 2. The SMILES string of the molecule is COc1ccccc1N1CCN(C(=O)CCc2ccc(S(=O)(=O)N3CCCC3)cc2)CC1. The number of nitrogens with zero attached hydrogens (tertiary/aromatic N) is 3. The Morgan fingerprint density at radius 2 is 1.56 bits per heavy atom. The number of amides is 1. The lowest BCUT2D eigenvalue weighted by atomic mass is 10.1. The molecule has 2 aliphatic rings. The third-order valence-corrected chi connectivity index (χ3v) is 8.22. The number of methoxy groups -OCH3 is 1. The fourth-order valence-electron chi connectivity index (χ4n) is 4.40. The standard InChI is InChI=1S/C24H31N3O4S/c1-31-23-7-3-2-6-22(23)25-16-18-26(19-17-25)24(28)13-10-20-8-11-21(12-9-20)32(29,30)27-14-4-5-15-27/h2-3,6-9,11-12H,4-5,10,13-19H2,1H3. The minimum absolute atomic E-state index is 0.137. The number of carbonyl (C=O) groups excluding carboxylic acids is 1. The van der Waals surface area contributed by atoms with E-state index < -0.39 is 10.0 Å². The molecular formula is C24H31N3O4S. The number of benzene rings is 2. The Hall–Kier alpha value is -2.58. The molecule has 2 aliphatic heterocycles. The van der Waals surface area contributed by atoms with E-state index in [9.17, 15) is 13.2 Å². The van der Waals surface area contributed by atoms with Crippen molar-refractivity contribution in [3.05, 3.63) is 54.1 Å². The van der Waals surface area contributed by atoms with Crippen LogP contribution in [0.15, 0.2) is 53.4 Å². The van der Waals surface area contributed by atoms with Gasteiger partial charge in [0.2, 0.25) is 15.9 Å². The quantitative estimate of drug-likeness (QED) is 0.640. The molecule has 0 saturated carbocycles. The first kappa shape index (κ1) is 22.6. The molecule has 2 saturated heterocycles. The second-order valence-corrected chi connectivity index (χ2v) is 10.2. The molecule has 0 spiro atoms. The molecule has 0 N–H and O–H groups in total. The topological polar surface area (TPSA) is 70.2 Å². The summed E-state index contributed by atoms with van der Waals surface area (Å²) in [5.74, 6) is 0.987. The van der Waals surface area contributed by atoms with Gasteiger partial charge in [0.25, 0.3) is 0 Å². The Kier molecular flexibility index (Phi) is 7.01.